The highest BCUT2D eigenvalue weighted by Gasteiger charge is 2.30. The van der Waals surface area contributed by atoms with Crippen molar-refractivity contribution in [3.8, 4) is 0 Å². The van der Waals surface area contributed by atoms with Crippen LogP contribution in [0.3, 0.4) is 0 Å². The van der Waals surface area contributed by atoms with Crippen LogP contribution >= 0.6 is 0 Å². The van der Waals surface area contributed by atoms with Crippen molar-refractivity contribution in [3.05, 3.63) is 65.7 Å². The summed E-state index contributed by atoms with van der Waals surface area (Å²) in [7, 11) is 0. The molecule has 27 heavy (non-hydrogen) atoms. The van der Waals surface area contributed by atoms with Gasteiger partial charge in [-0.25, -0.2) is 0 Å². The first kappa shape index (κ1) is 18.8. The number of imide groups is 1. The number of nitrogens with one attached hydrogen (secondary N) is 2. The van der Waals surface area contributed by atoms with Crippen molar-refractivity contribution in [2.24, 2.45) is 5.92 Å². The molecule has 0 radical (unpaired) electrons. The number of carbonyl (C=O) groups is 3. The molecule has 0 saturated carbocycles. The van der Waals surface area contributed by atoms with Gasteiger partial charge in [-0.3, -0.25) is 19.7 Å². The van der Waals surface area contributed by atoms with E-state index in [2.05, 4.69) is 10.6 Å². The third-order valence-electron chi connectivity index (χ3n) is 4.40. The molecule has 6 nitrogen and oxygen atoms in total. The summed E-state index contributed by atoms with van der Waals surface area (Å²) in [5.74, 6) is -0.960. The minimum absolute atomic E-state index is 0.00105. The Morgan fingerprint density at radius 2 is 1.78 bits per heavy atom. The number of benzene rings is 2. The molecule has 2 aromatic rings. The van der Waals surface area contributed by atoms with E-state index < -0.39 is 0 Å². The second kappa shape index (κ2) is 9.09. The largest absolute Gasteiger partial charge is 0.371 e. The van der Waals surface area contributed by atoms with Crippen LogP contribution in [0.4, 0.5) is 5.69 Å². The summed E-state index contributed by atoms with van der Waals surface area (Å²) >= 11 is 0. The quantitative estimate of drug-likeness (QED) is 0.553. The van der Waals surface area contributed by atoms with Gasteiger partial charge in [-0.1, -0.05) is 42.5 Å². The Morgan fingerprint density at radius 3 is 2.44 bits per heavy atom. The van der Waals surface area contributed by atoms with Crippen LogP contribution in [0.2, 0.25) is 0 Å². The van der Waals surface area contributed by atoms with Gasteiger partial charge in [0.25, 0.3) is 0 Å². The van der Waals surface area contributed by atoms with Gasteiger partial charge in [0.2, 0.25) is 17.7 Å². The van der Waals surface area contributed by atoms with Crippen LogP contribution < -0.4 is 10.6 Å². The van der Waals surface area contributed by atoms with Crippen molar-refractivity contribution in [3.63, 3.8) is 0 Å². The predicted molar refractivity (Wildman–Crippen MR) is 101 cm³/mol. The fraction of sp³-hybridized carbons (Fsp3) is 0.286. The monoisotopic (exact) mass is 366 g/mol. The van der Waals surface area contributed by atoms with Gasteiger partial charge in [0.15, 0.2) is 0 Å². The van der Waals surface area contributed by atoms with E-state index in [1.807, 2.05) is 42.5 Å². The van der Waals surface area contributed by atoms with Gasteiger partial charge in [-0.05, 0) is 36.1 Å². The van der Waals surface area contributed by atoms with Crippen LogP contribution in [0.1, 0.15) is 17.5 Å². The Hall–Kier alpha value is -2.99. The third-order valence-corrected chi connectivity index (χ3v) is 4.40. The smallest absolute Gasteiger partial charge is 0.250 e. The second-order valence-corrected chi connectivity index (χ2v) is 6.55. The van der Waals surface area contributed by atoms with Crippen LogP contribution in [0.15, 0.2) is 54.6 Å². The van der Waals surface area contributed by atoms with Crippen molar-refractivity contribution in [2.75, 3.05) is 18.5 Å². The number of anilines is 1. The minimum Gasteiger partial charge on any atom is -0.371 e. The first-order chi connectivity index (χ1) is 13.1. The van der Waals surface area contributed by atoms with E-state index in [9.17, 15) is 14.4 Å². The van der Waals surface area contributed by atoms with Crippen LogP contribution in [0, 0.1) is 5.92 Å². The van der Waals surface area contributed by atoms with Crippen LogP contribution in [0.25, 0.3) is 0 Å². The van der Waals surface area contributed by atoms with Crippen molar-refractivity contribution in [2.45, 2.75) is 19.3 Å². The topological polar surface area (TPSA) is 84.5 Å². The molecule has 1 saturated heterocycles. The van der Waals surface area contributed by atoms with E-state index in [1.165, 1.54) is 5.56 Å². The summed E-state index contributed by atoms with van der Waals surface area (Å²) in [5, 5.41) is 5.09. The van der Waals surface area contributed by atoms with E-state index in [-0.39, 0.29) is 36.7 Å². The lowest BCUT2D eigenvalue weighted by Gasteiger charge is -2.09. The average molecular weight is 366 g/mol. The number of hydrogen-bond donors (Lipinski definition) is 2. The molecule has 6 heteroatoms. The Kier molecular flexibility index (Phi) is 6.33. The number of ether oxygens (including phenoxy) is 1. The van der Waals surface area contributed by atoms with Crippen molar-refractivity contribution >= 4 is 23.4 Å². The van der Waals surface area contributed by atoms with E-state index >= 15 is 0 Å². The number of hydrogen-bond acceptors (Lipinski definition) is 4. The van der Waals surface area contributed by atoms with Gasteiger partial charge in [0, 0.05) is 12.1 Å². The summed E-state index contributed by atoms with van der Waals surface area (Å²) in [6.07, 6.45) is 1.51. The standard InChI is InChI=1S/C21H22N2O4/c24-19-13-17(21(26)23-19)12-16-6-8-18(9-7-16)22-20(25)14-27-11-10-15-4-2-1-3-5-15/h1-9,17H,10-14H2,(H,22,25)(H,23,24,26). The van der Waals surface area contributed by atoms with E-state index in [1.54, 1.807) is 12.1 Å². The van der Waals surface area contributed by atoms with Gasteiger partial charge in [-0.15, -0.1) is 0 Å². The molecule has 3 amide bonds. The Labute approximate surface area is 157 Å². The highest BCUT2D eigenvalue weighted by atomic mass is 16.5. The van der Waals surface area contributed by atoms with Crippen molar-refractivity contribution < 1.29 is 19.1 Å². The second-order valence-electron chi connectivity index (χ2n) is 6.55. The molecule has 1 heterocycles. The lowest BCUT2D eigenvalue weighted by atomic mass is 9.98. The zero-order valence-electron chi connectivity index (χ0n) is 14.9. The van der Waals surface area contributed by atoms with Crippen LogP contribution in [0.5, 0.6) is 0 Å². The number of rotatable bonds is 8. The molecule has 2 aromatic carbocycles. The van der Waals surface area contributed by atoms with Crippen LogP contribution in [-0.2, 0) is 32.0 Å². The molecule has 1 unspecified atom stereocenters. The summed E-state index contributed by atoms with van der Waals surface area (Å²) < 4.78 is 5.42. The third kappa shape index (κ3) is 5.76. The molecule has 0 bridgehead atoms. The molecule has 1 aliphatic rings. The molecule has 2 N–H and O–H groups in total. The average Bonchev–Trinajstić information content (AvgIpc) is 2.98. The normalized spacial score (nSPS) is 16.2. The van der Waals surface area contributed by atoms with Gasteiger partial charge >= 0.3 is 0 Å². The molecule has 140 valence electrons. The minimum atomic E-state index is -0.309. The van der Waals surface area contributed by atoms with E-state index in [0.29, 0.717) is 18.7 Å². The number of amides is 3. The zero-order chi connectivity index (χ0) is 19.1. The van der Waals surface area contributed by atoms with Crippen molar-refractivity contribution in [1.82, 2.24) is 5.32 Å². The van der Waals surface area contributed by atoms with Crippen LogP contribution in [-0.4, -0.2) is 30.9 Å². The Balaban J connectivity index is 1.39. The Morgan fingerprint density at radius 1 is 1.04 bits per heavy atom. The fourth-order valence-electron chi connectivity index (χ4n) is 2.98. The molecule has 1 fully saturated rings. The first-order valence-corrected chi connectivity index (χ1v) is 8.94. The van der Waals surface area contributed by atoms with Crippen molar-refractivity contribution in [1.29, 1.82) is 0 Å². The molecule has 1 aliphatic heterocycles. The van der Waals surface area contributed by atoms with Gasteiger partial charge in [0.05, 0.1) is 12.5 Å². The maximum atomic E-state index is 11.9. The summed E-state index contributed by atoms with van der Waals surface area (Å²) in [6.45, 7) is 0.484. The summed E-state index contributed by atoms with van der Waals surface area (Å²) in [6, 6.07) is 17.2. The molecular weight excluding hydrogens is 344 g/mol. The molecular formula is C21H22N2O4. The maximum Gasteiger partial charge on any atom is 0.250 e. The fourth-order valence-corrected chi connectivity index (χ4v) is 2.98. The number of carbonyl (C=O) groups excluding carboxylic acids is 3. The van der Waals surface area contributed by atoms with Gasteiger partial charge in [0.1, 0.15) is 6.61 Å². The first-order valence-electron chi connectivity index (χ1n) is 8.94. The molecule has 0 aromatic heterocycles. The summed E-state index contributed by atoms with van der Waals surface area (Å²) in [5.41, 5.74) is 2.79. The molecule has 0 spiro atoms. The highest BCUT2D eigenvalue weighted by molar-refractivity contribution is 6.03. The zero-order valence-corrected chi connectivity index (χ0v) is 14.9. The van der Waals surface area contributed by atoms with E-state index in [4.69, 9.17) is 4.74 Å². The lowest BCUT2D eigenvalue weighted by molar-refractivity contribution is -0.126. The summed E-state index contributed by atoms with van der Waals surface area (Å²) in [4.78, 5) is 34.8. The van der Waals surface area contributed by atoms with E-state index in [0.717, 1.165) is 12.0 Å². The predicted octanol–water partition coefficient (Wildman–Crippen LogP) is 2.09. The molecule has 0 aliphatic carbocycles. The lowest BCUT2D eigenvalue weighted by Crippen LogP contribution is -2.22. The molecule has 1 atom stereocenters. The highest BCUT2D eigenvalue weighted by Crippen LogP contribution is 2.18. The SMILES string of the molecule is O=C1CC(Cc2ccc(NC(=O)COCCc3ccccc3)cc2)C(=O)N1. The van der Waals surface area contributed by atoms with Gasteiger partial charge in [-0.2, -0.15) is 0 Å². The Bertz CT molecular complexity index is 803. The molecule has 3 rings (SSSR count). The maximum absolute atomic E-state index is 11.9. The van der Waals surface area contributed by atoms with Gasteiger partial charge < -0.3 is 10.1 Å².